The van der Waals surface area contributed by atoms with Gasteiger partial charge in [0.25, 0.3) is 0 Å². The number of allylic oxidation sites excluding steroid dienone is 1. The van der Waals surface area contributed by atoms with Crippen LogP contribution in [0.2, 0.25) is 0 Å². The lowest BCUT2D eigenvalue weighted by Gasteiger charge is -2.41. The Morgan fingerprint density at radius 1 is 0.721 bits per heavy atom. The van der Waals surface area contributed by atoms with E-state index in [9.17, 15) is 51.1 Å². The summed E-state index contributed by atoms with van der Waals surface area (Å²) >= 11 is 0. The lowest BCUT2D eigenvalue weighted by molar-refractivity contribution is -0.296. The SMILES string of the molecule is C[C@H]1O[C@@H](COC[C@H]2O[C@@H](OC3=C(c4ccc(O)c(O)c4)Oc4cc(O)cc(O)c4C3)[C@@H](O)[C@@H](O)[C@H]2O)[C@@H](O)[C@@H](O)[C@H]1O. The van der Waals surface area contributed by atoms with Gasteiger partial charge >= 0.3 is 0 Å². The van der Waals surface area contributed by atoms with Crippen LogP contribution in [0.4, 0.5) is 0 Å². The second kappa shape index (κ2) is 12.3. The Kier molecular flexibility index (Phi) is 8.89. The molecule has 10 atom stereocenters. The van der Waals surface area contributed by atoms with Gasteiger partial charge in [0.1, 0.15) is 71.8 Å². The minimum Gasteiger partial charge on any atom is -0.508 e. The van der Waals surface area contributed by atoms with Crippen molar-refractivity contribution < 1.29 is 74.7 Å². The predicted molar refractivity (Wildman–Crippen MR) is 142 cm³/mol. The molecule has 236 valence electrons. The molecule has 15 nitrogen and oxygen atoms in total. The van der Waals surface area contributed by atoms with E-state index < -0.39 is 72.7 Å². The van der Waals surface area contributed by atoms with Crippen molar-refractivity contribution >= 4 is 5.76 Å². The van der Waals surface area contributed by atoms with Crippen molar-refractivity contribution in [1.29, 1.82) is 0 Å². The zero-order valence-corrected chi connectivity index (χ0v) is 22.8. The number of aliphatic hydroxyl groups is 6. The lowest BCUT2D eigenvalue weighted by Crippen LogP contribution is -2.60. The fourth-order valence-electron chi connectivity index (χ4n) is 5.14. The molecule has 0 aliphatic carbocycles. The molecule has 15 heteroatoms. The van der Waals surface area contributed by atoms with E-state index in [2.05, 4.69) is 0 Å². The fourth-order valence-corrected chi connectivity index (χ4v) is 5.14. The van der Waals surface area contributed by atoms with Crippen LogP contribution in [0.15, 0.2) is 36.1 Å². The second-order valence-electron chi connectivity index (χ2n) is 10.7. The van der Waals surface area contributed by atoms with Crippen LogP contribution >= 0.6 is 0 Å². The first-order chi connectivity index (χ1) is 20.3. The van der Waals surface area contributed by atoms with Gasteiger partial charge in [0.05, 0.1) is 19.3 Å². The summed E-state index contributed by atoms with van der Waals surface area (Å²) in [4.78, 5) is 0. The van der Waals surface area contributed by atoms with Gasteiger partial charge in [-0.1, -0.05) is 0 Å². The summed E-state index contributed by atoms with van der Waals surface area (Å²) in [5.41, 5.74) is 0.412. The molecule has 0 spiro atoms. The third-order valence-electron chi connectivity index (χ3n) is 7.65. The van der Waals surface area contributed by atoms with Gasteiger partial charge in [-0.25, -0.2) is 0 Å². The summed E-state index contributed by atoms with van der Waals surface area (Å²) in [5.74, 6) is -1.50. The molecule has 0 saturated carbocycles. The van der Waals surface area contributed by atoms with Gasteiger partial charge in [-0.3, -0.25) is 0 Å². The predicted octanol–water partition coefficient (Wildman–Crippen LogP) is -1.48. The zero-order valence-electron chi connectivity index (χ0n) is 22.8. The molecule has 0 bridgehead atoms. The van der Waals surface area contributed by atoms with E-state index in [-0.39, 0.29) is 59.5 Å². The van der Waals surface area contributed by atoms with Crippen molar-refractivity contribution in [2.75, 3.05) is 13.2 Å². The summed E-state index contributed by atoms with van der Waals surface area (Å²) < 4.78 is 28.6. The molecule has 0 unspecified atom stereocenters. The van der Waals surface area contributed by atoms with Crippen LogP contribution in [-0.2, 0) is 25.4 Å². The van der Waals surface area contributed by atoms with Gasteiger partial charge in [-0.05, 0) is 25.1 Å². The Balaban J connectivity index is 1.35. The van der Waals surface area contributed by atoms with Crippen molar-refractivity contribution in [3.8, 4) is 28.7 Å². The molecule has 0 radical (unpaired) electrons. The molecule has 2 aromatic carbocycles. The summed E-state index contributed by atoms with van der Waals surface area (Å²) in [6.45, 7) is 0.864. The summed E-state index contributed by atoms with van der Waals surface area (Å²) in [6.07, 6.45) is -14.2. The fraction of sp³-hybridized carbons (Fsp3) is 0.500. The van der Waals surface area contributed by atoms with E-state index in [0.29, 0.717) is 0 Å². The average molecular weight is 611 g/mol. The number of hydrogen-bond donors (Lipinski definition) is 10. The number of aromatic hydroxyl groups is 4. The van der Waals surface area contributed by atoms with Crippen molar-refractivity contribution in [3.05, 3.63) is 47.2 Å². The largest absolute Gasteiger partial charge is 0.508 e. The molecule has 3 heterocycles. The average Bonchev–Trinajstić information content (AvgIpc) is 2.97. The zero-order chi connectivity index (χ0) is 31.2. The van der Waals surface area contributed by atoms with Gasteiger partial charge in [-0.2, -0.15) is 0 Å². The van der Waals surface area contributed by atoms with Crippen molar-refractivity contribution in [1.82, 2.24) is 0 Å². The van der Waals surface area contributed by atoms with Crippen LogP contribution in [0, 0.1) is 0 Å². The first kappa shape index (κ1) is 31.1. The third kappa shape index (κ3) is 6.17. The van der Waals surface area contributed by atoms with Crippen molar-refractivity contribution in [2.24, 2.45) is 0 Å². The molecule has 2 saturated heterocycles. The molecule has 2 fully saturated rings. The Bertz CT molecular complexity index is 1350. The molecule has 5 rings (SSSR count). The number of benzene rings is 2. The molecule has 43 heavy (non-hydrogen) atoms. The highest BCUT2D eigenvalue weighted by Gasteiger charge is 2.47. The van der Waals surface area contributed by atoms with E-state index in [0.717, 1.165) is 6.07 Å². The van der Waals surface area contributed by atoms with Crippen LogP contribution in [0.25, 0.3) is 5.76 Å². The van der Waals surface area contributed by atoms with Gasteiger partial charge in [0.15, 0.2) is 17.3 Å². The molecule has 3 aliphatic rings. The van der Waals surface area contributed by atoms with E-state index >= 15 is 0 Å². The lowest BCUT2D eigenvalue weighted by atomic mass is 9.96. The van der Waals surface area contributed by atoms with Gasteiger partial charge in [0, 0.05) is 29.7 Å². The van der Waals surface area contributed by atoms with E-state index in [4.69, 9.17) is 23.7 Å². The van der Waals surface area contributed by atoms with Crippen LogP contribution in [0.1, 0.15) is 18.1 Å². The van der Waals surface area contributed by atoms with Crippen molar-refractivity contribution in [3.63, 3.8) is 0 Å². The maximum absolute atomic E-state index is 10.7. The highest BCUT2D eigenvalue weighted by Crippen LogP contribution is 2.43. The number of rotatable bonds is 7. The highest BCUT2D eigenvalue weighted by atomic mass is 16.7. The topological polar surface area (TPSA) is 248 Å². The molecular weight excluding hydrogens is 576 g/mol. The number of phenols is 4. The van der Waals surface area contributed by atoms with Gasteiger partial charge < -0.3 is 74.7 Å². The maximum atomic E-state index is 10.7. The van der Waals surface area contributed by atoms with Crippen LogP contribution < -0.4 is 4.74 Å². The Hall–Kier alpha value is -3.38. The van der Waals surface area contributed by atoms with E-state index in [1.165, 1.54) is 31.2 Å². The highest BCUT2D eigenvalue weighted by molar-refractivity contribution is 5.71. The summed E-state index contributed by atoms with van der Waals surface area (Å²) in [6, 6.07) is 6.10. The monoisotopic (exact) mass is 610 g/mol. The standard InChI is InChI=1S/C28H34O15/c1-10-21(33)24(36)22(34)19(40-10)8-39-9-20-23(35)25(37)26(38)28(43-20)42-18-7-13-15(31)5-12(29)6-17(13)41-27(18)11-2-3-14(30)16(32)4-11/h2-6,10,19-26,28-38H,7-9H2,1H3/t10-,19+,20-,21+,22-,23+,24+,25+,26+,28-/m1/s1. The van der Waals surface area contributed by atoms with E-state index in [1.807, 2.05) is 0 Å². The van der Waals surface area contributed by atoms with E-state index in [1.54, 1.807) is 0 Å². The Labute approximate surface area is 244 Å². The molecule has 10 N–H and O–H groups in total. The molecule has 0 aromatic heterocycles. The first-order valence-electron chi connectivity index (χ1n) is 13.5. The second-order valence-corrected chi connectivity index (χ2v) is 10.7. The van der Waals surface area contributed by atoms with Crippen LogP contribution in [0.3, 0.4) is 0 Å². The summed E-state index contributed by atoms with van der Waals surface area (Å²) in [5, 5.41) is 102. The Morgan fingerprint density at radius 2 is 1.37 bits per heavy atom. The number of phenolic OH excluding ortho intramolecular Hbond substituents is 4. The van der Waals surface area contributed by atoms with Gasteiger partial charge in [-0.15, -0.1) is 0 Å². The third-order valence-corrected chi connectivity index (χ3v) is 7.65. The minimum absolute atomic E-state index is 0.0321. The minimum atomic E-state index is -1.77. The Morgan fingerprint density at radius 3 is 2.05 bits per heavy atom. The molecule has 3 aliphatic heterocycles. The smallest absolute Gasteiger partial charge is 0.228 e. The summed E-state index contributed by atoms with van der Waals surface area (Å²) in [7, 11) is 0. The van der Waals surface area contributed by atoms with Crippen molar-refractivity contribution in [2.45, 2.75) is 74.6 Å². The quantitative estimate of drug-likeness (QED) is 0.161. The first-order valence-corrected chi connectivity index (χ1v) is 13.5. The molecule has 0 amide bonds. The normalized spacial score (nSPS) is 34.4. The number of aliphatic hydroxyl groups excluding tert-OH is 6. The van der Waals surface area contributed by atoms with Gasteiger partial charge in [0.2, 0.25) is 6.29 Å². The molecular formula is C28H34O15. The number of ether oxygens (including phenoxy) is 5. The molecule has 2 aromatic rings. The van der Waals surface area contributed by atoms with Crippen LogP contribution in [-0.4, -0.2) is 126 Å². The van der Waals surface area contributed by atoms with Crippen LogP contribution in [0.5, 0.6) is 28.7 Å². The number of hydrogen-bond acceptors (Lipinski definition) is 15. The maximum Gasteiger partial charge on any atom is 0.228 e. The number of fused-ring (bicyclic) bond motifs is 1.